The van der Waals surface area contributed by atoms with Crippen molar-refractivity contribution in [3.8, 4) is 5.75 Å². The van der Waals surface area contributed by atoms with E-state index in [1.807, 2.05) is 38.1 Å². The summed E-state index contributed by atoms with van der Waals surface area (Å²) in [6.07, 6.45) is 1.35. The first kappa shape index (κ1) is 17.0. The highest BCUT2D eigenvalue weighted by Crippen LogP contribution is 2.33. The number of hydrogen-bond donors (Lipinski definition) is 2. The van der Waals surface area contributed by atoms with Crippen molar-refractivity contribution in [2.75, 3.05) is 11.9 Å². The van der Waals surface area contributed by atoms with Crippen LogP contribution in [0.4, 0.5) is 11.4 Å². The Kier molecular flexibility index (Phi) is 4.76. The largest absolute Gasteiger partial charge is 0.494 e. The fraction of sp³-hybridized carbons (Fsp3) is 0.158. The number of carbonyl (C=O) groups is 1. The standard InChI is InChI=1S/C19H17ClN2O3/c1-3-25-13-6-4-12(5-7-13)22-18-14-8-9-16(20)11(2)17(14)21-10-15(18)19(23)24/h4-10H,3H2,1-2H3,(H,21,22)(H,23,24). The van der Waals surface area contributed by atoms with Crippen molar-refractivity contribution >= 4 is 39.8 Å². The molecule has 3 rings (SSSR count). The average molecular weight is 357 g/mol. The lowest BCUT2D eigenvalue weighted by atomic mass is 10.1. The molecular weight excluding hydrogens is 340 g/mol. The summed E-state index contributed by atoms with van der Waals surface area (Å²) in [6, 6.07) is 10.9. The Hall–Kier alpha value is -2.79. The van der Waals surface area contributed by atoms with Crippen molar-refractivity contribution < 1.29 is 14.6 Å². The lowest BCUT2D eigenvalue weighted by Gasteiger charge is -2.14. The Morgan fingerprint density at radius 1 is 1.24 bits per heavy atom. The van der Waals surface area contributed by atoms with Crippen LogP contribution in [0.3, 0.4) is 0 Å². The molecule has 2 N–H and O–H groups in total. The highest BCUT2D eigenvalue weighted by molar-refractivity contribution is 6.32. The molecule has 0 radical (unpaired) electrons. The van der Waals surface area contributed by atoms with E-state index in [-0.39, 0.29) is 5.56 Å². The number of aryl methyl sites for hydroxylation is 1. The van der Waals surface area contributed by atoms with Crippen LogP contribution in [0.15, 0.2) is 42.6 Å². The zero-order valence-corrected chi connectivity index (χ0v) is 14.6. The third kappa shape index (κ3) is 3.37. The number of rotatable bonds is 5. The predicted octanol–water partition coefficient (Wildman–Crippen LogP) is 5.04. The number of aromatic nitrogens is 1. The van der Waals surface area contributed by atoms with Gasteiger partial charge >= 0.3 is 5.97 Å². The van der Waals surface area contributed by atoms with Crippen molar-refractivity contribution in [3.05, 3.63) is 58.7 Å². The summed E-state index contributed by atoms with van der Waals surface area (Å²) < 4.78 is 5.43. The molecule has 0 aliphatic rings. The molecule has 0 aliphatic carbocycles. The van der Waals surface area contributed by atoms with Crippen molar-refractivity contribution in [3.63, 3.8) is 0 Å². The third-order valence-corrected chi connectivity index (χ3v) is 4.30. The quantitative estimate of drug-likeness (QED) is 0.670. The summed E-state index contributed by atoms with van der Waals surface area (Å²) >= 11 is 6.16. The van der Waals surface area contributed by atoms with Crippen molar-refractivity contribution in [2.24, 2.45) is 0 Å². The van der Waals surface area contributed by atoms with Gasteiger partial charge < -0.3 is 15.2 Å². The Labute approximate surface area is 150 Å². The number of nitrogens with one attached hydrogen (secondary N) is 1. The van der Waals surface area contributed by atoms with Crippen LogP contribution in [0.2, 0.25) is 5.02 Å². The molecule has 1 heterocycles. The Bertz CT molecular complexity index is 940. The zero-order valence-electron chi connectivity index (χ0n) is 13.8. The molecule has 0 atom stereocenters. The highest BCUT2D eigenvalue weighted by atomic mass is 35.5. The first-order chi connectivity index (χ1) is 12.0. The van der Waals surface area contributed by atoms with E-state index in [9.17, 15) is 9.90 Å². The number of carboxylic acid groups (broad SMARTS) is 1. The maximum Gasteiger partial charge on any atom is 0.339 e. The maximum atomic E-state index is 11.6. The fourth-order valence-corrected chi connectivity index (χ4v) is 2.78. The molecule has 0 bridgehead atoms. The number of benzene rings is 2. The molecule has 5 nitrogen and oxygen atoms in total. The van der Waals surface area contributed by atoms with Crippen molar-refractivity contribution in [2.45, 2.75) is 13.8 Å². The van der Waals surface area contributed by atoms with Gasteiger partial charge in [0.2, 0.25) is 0 Å². The van der Waals surface area contributed by atoms with Gasteiger partial charge in [0, 0.05) is 22.3 Å². The minimum absolute atomic E-state index is 0.100. The van der Waals surface area contributed by atoms with Gasteiger partial charge in [-0.3, -0.25) is 4.98 Å². The number of ether oxygens (including phenoxy) is 1. The topological polar surface area (TPSA) is 71.5 Å². The van der Waals surface area contributed by atoms with Gasteiger partial charge in [-0.25, -0.2) is 4.79 Å². The van der Waals surface area contributed by atoms with Crippen molar-refractivity contribution in [1.29, 1.82) is 0 Å². The van der Waals surface area contributed by atoms with Gasteiger partial charge in [0.05, 0.1) is 17.8 Å². The van der Waals surface area contributed by atoms with Crippen LogP contribution in [0.1, 0.15) is 22.8 Å². The average Bonchev–Trinajstić information content (AvgIpc) is 2.60. The van der Waals surface area contributed by atoms with E-state index in [0.717, 1.165) is 17.0 Å². The Balaban J connectivity index is 2.10. The van der Waals surface area contributed by atoms with Gasteiger partial charge in [0.15, 0.2) is 0 Å². The number of fused-ring (bicyclic) bond motifs is 1. The molecule has 0 aliphatic heterocycles. The lowest BCUT2D eigenvalue weighted by Crippen LogP contribution is -2.05. The van der Waals surface area contributed by atoms with Gasteiger partial charge in [-0.05, 0) is 55.8 Å². The number of anilines is 2. The minimum atomic E-state index is -1.05. The summed E-state index contributed by atoms with van der Waals surface area (Å²) in [5, 5.41) is 14.0. The van der Waals surface area contributed by atoms with Crippen LogP contribution in [-0.4, -0.2) is 22.7 Å². The minimum Gasteiger partial charge on any atom is -0.494 e. The summed E-state index contributed by atoms with van der Waals surface area (Å²) in [4.78, 5) is 15.9. The van der Waals surface area contributed by atoms with E-state index in [0.29, 0.717) is 28.2 Å². The molecule has 1 aromatic heterocycles. The molecule has 25 heavy (non-hydrogen) atoms. The van der Waals surface area contributed by atoms with Crippen LogP contribution < -0.4 is 10.1 Å². The van der Waals surface area contributed by atoms with E-state index in [1.54, 1.807) is 12.1 Å². The van der Waals surface area contributed by atoms with Crippen LogP contribution >= 0.6 is 11.6 Å². The first-order valence-corrected chi connectivity index (χ1v) is 8.20. The lowest BCUT2D eigenvalue weighted by molar-refractivity contribution is 0.0697. The second-order valence-corrected chi connectivity index (χ2v) is 5.91. The van der Waals surface area contributed by atoms with Gasteiger partial charge in [0.25, 0.3) is 0 Å². The molecule has 0 saturated carbocycles. The Morgan fingerprint density at radius 2 is 1.96 bits per heavy atom. The third-order valence-electron chi connectivity index (χ3n) is 3.89. The molecule has 2 aromatic carbocycles. The molecule has 0 fully saturated rings. The van der Waals surface area contributed by atoms with Gasteiger partial charge in [-0.1, -0.05) is 11.6 Å². The van der Waals surface area contributed by atoms with Crippen LogP contribution in [0, 0.1) is 6.92 Å². The van der Waals surface area contributed by atoms with Gasteiger partial charge in [0.1, 0.15) is 11.3 Å². The van der Waals surface area contributed by atoms with E-state index < -0.39 is 5.97 Å². The van der Waals surface area contributed by atoms with Crippen LogP contribution in [0.25, 0.3) is 10.9 Å². The van der Waals surface area contributed by atoms with E-state index >= 15 is 0 Å². The first-order valence-electron chi connectivity index (χ1n) is 7.82. The van der Waals surface area contributed by atoms with Crippen LogP contribution in [0.5, 0.6) is 5.75 Å². The smallest absolute Gasteiger partial charge is 0.339 e. The number of halogens is 1. The second-order valence-electron chi connectivity index (χ2n) is 5.50. The fourth-order valence-electron chi connectivity index (χ4n) is 2.62. The zero-order chi connectivity index (χ0) is 18.0. The van der Waals surface area contributed by atoms with Crippen molar-refractivity contribution in [1.82, 2.24) is 4.98 Å². The second kappa shape index (κ2) is 6.99. The number of carboxylic acids is 1. The van der Waals surface area contributed by atoms with Gasteiger partial charge in [-0.2, -0.15) is 0 Å². The summed E-state index contributed by atoms with van der Waals surface area (Å²) in [7, 11) is 0. The summed E-state index contributed by atoms with van der Waals surface area (Å²) in [5.74, 6) is -0.288. The molecule has 3 aromatic rings. The molecule has 0 spiro atoms. The number of pyridine rings is 1. The van der Waals surface area contributed by atoms with E-state index in [2.05, 4.69) is 10.3 Å². The van der Waals surface area contributed by atoms with Crippen LogP contribution in [-0.2, 0) is 0 Å². The maximum absolute atomic E-state index is 11.6. The predicted molar refractivity (Wildman–Crippen MR) is 99.3 cm³/mol. The monoisotopic (exact) mass is 356 g/mol. The number of nitrogens with zero attached hydrogens (tertiary/aromatic N) is 1. The summed E-state index contributed by atoms with van der Waals surface area (Å²) in [5.41, 5.74) is 2.83. The number of aromatic carboxylic acids is 1. The highest BCUT2D eigenvalue weighted by Gasteiger charge is 2.16. The molecule has 0 unspecified atom stereocenters. The van der Waals surface area contributed by atoms with Gasteiger partial charge in [-0.15, -0.1) is 0 Å². The number of hydrogen-bond acceptors (Lipinski definition) is 4. The summed E-state index contributed by atoms with van der Waals surface area (Å²) in [6.45, 7) is 4.37. The molecule has 128 valence electrons. The van der Waals surface area contributed by atoms with E-state index in [1.165, 1.54) is 6.20 Å². The molecule has 6 heteroatoms. The molecule has 0 saturated heterocycles. The molecular formula is C19H17ClN2O3. The SMILES string of the molecule is CCOc1ccc(Nc2c(C(=O)O)cnc3c(C)c(Cl)ccc23)cc1. The Morgan fingerprint density at radius 3 is 2.60 bits per heavy atom. The normalized spacial score (nSPS) is 10.7. The van der Waals surface area contributed by atoms with E-state index in [4.69, 9.17) is 16.3 Å². The molecule has 0 amide bonds.